The van der Waals surface area contributed by atoms with Gasteiger partial charge in [-0.25, -0.2) is 0 Å². The van der Waals surface area contributed by atoms with Gasteiger partial charge in [0.25, 0.3) is 0 Å². The Bertz CT molecular complexity index is 556. The van der Waals surface area contributed by atoms with Crippen LogP contribution in [0.2, 0.25) is 0 Å². The van der Waals surface area contributed by atoms with Crippen LogP contribution in [0.25, 0.3) is 11.4 Å². The van der Waals surface area contributed by atoms with Crippen LogP contribution >= 0.6 is 11.5 Å². The third kappa shape index (κ3) is 2.04. The molecule has 0 spiro atoms. The molecule has 0 unspecified atom stereocenters. The molecule has 0 bridgehead atoms. The maximum absolute atomic E-state index is 5.58. The lowest BCUT2D eigenvalue weighted by Crippen LogP contribution is -1.97. The number of methoxy groups -OCH3 is 3. The summed E-state index contributed by atoms with van der Waals surface area (Å²) in [5.74, 6) is 2.12. The van der Waals surface area contributed by atoms with Crippen LogP contribution in [0.3, 0.4) is 0 Å². The molecular weight excluding hydrogens is 254 g/mol. The fraction of sp³-hybridized carbons (Fsp3) is 0.273. The number of anilines is 1. The van der Waals surface area contributed by atoms with E-state index in [4.69, 9.17) is 19.9 Å². The normalized spacial score (nSPS) is 10.2. The SMILES string of the molecule is COc1ccc(-c2nsc(N)n2)c(OC)c1OC. The minimum atomic E-state index is 0.404. The van der Waals surface area contributed by atoms with Crippen molar-refractivity contribution in [3.05, 3.63) is 12.1 Å². The highest BCUT2D eigenvalue weighted by molar-refractivity contribution is 7.09. The van der Waals surface area contributed by atoms with Crippen LogP contribution in [0, 0.1) is 0 Å². The smallest absolute Gasteiger partial charge is 0.204 e. The standard InChI is InChI=1S/C11H13N3O3S/c1-15-7-5-4-6(8(16-2)9(7)17-3)10-13-11(12)18-14-10/h4-5H,1-3H3,(H2,12,13,14). The Morgan fingerprint density at radius 2 is 1.78 bits per heavy atom. The molecule has 0 radical (unpaired) electrons. The molecule has 2 aromatic rings. The van der Waals surface area contributed by atoms with Gasteiger partial charge < -0.3 is 19.9 Å². The summed E-state index contributed by atoms with van der Waals surface area (Å²) in [5.41, 5.74) is 6.29. The van der Waals surface area contributed by atoms with Gasteiger partial charge in [0, 0.05) is 11.5 Å². The Morgan fingerprint density at radius 3 is 2.28 bits per heavy atom. The molecule has 18 heavy (non-hydrogen) atoms. The summed E-state index contributed by atoms with van der Waals surface area (Å²) in [4.78, 5) is 4.13. The van der Waals surface area contributed by atoms with Gasteiger partial charge in [-0.2, -0.15) is 9.36 Å². The van der Waals surface area contributed by atoms with Crippen molar-refractivity contribution in [2.75, 3.05) is 27.1 Å². The zero-order valence-electron chi connectivity index (χ0n) is 10.3. The Morgan fingerprint density at radius 1 is 1.06 bits per heavy atom. The van der Waals surface area contributed by atoms with Gasteiger partial charge >= 0.3 is 0 Å². The Kier molecular flexibility index (Phi) is 3.52. The molecule has 0 aliphatic rings. The second kappa shape index (κ2) is 5.09. The molecule has 0 aliphatic carbocycles. The van der Waals surface area contributed by atoms with Gasteiger partial charge in [0.1, 0.15) is 0 Å². The molecule has 0 saturated carbocycles. The van der Waals surface area contributed by atoms with Crippen molar-refractivity contribution in [3.8, 4) is 28.6 Å². The number of nitrogens with two attached hydrogens (primary N) is 1. The second-order valence-corrected chi connectivity index (χ2v) is 4.12. The predicted molar refractivity (Wildman–Crippen MR) is 69.4 cm³/mol. The van der Waals surface area contributed by atoms with E-state index in [-0.39, 0.29) is 0 Å². The van der Waals surface area contributed by atoms with Crippen LogP contribution in [0.15, 0.2) is 12.1 Å². The van der Waals surface area contributed by atoms with Crippen LogP contribution in [0.4, 0.5) is 5.13 Å². The molecule has 0 atom stereocenters. The van der Waals surface area contributed by atoms with E-state index in [0.29, 0.717) is 33.8 Å². The van der Waals surface area contributed by atoms with Gasteiger partial charge in [0.15, 0.2) is 22.5 Å². The summed E-state index contributed by atoms with van der Waals surface area (Å²) in [6.07, 6.45) is 0. The molecular formula is C11H13N3O3S. The Labute approximate surface area is 108 Å². The Balaban J connectivity index is 2.61. The molecule has 1 aromatic carbocycles. The van der Waals surface area contributed by atoms with Crippen molar-refractivity contribution in [1.29, 1.82) is 0 Å². The predicted octanol–water partition coefficient (Wildman–Crippen LogP) is 1.81. The van der Waals surface area contributed by atoms with Gasteiger partial charge in [-0.05, 0) is 12.1 Å². The lowest BCUT2D eigenvalue weighted by molar-refractivity contribution is 0.325. The molecule has 2 N–H and O–H groups in total. The van der Waals surface area contributed by atoms with Gasteiger partial charge in [-0.15, -0.1) is 0 Å². The first kappa shape index (κ1) is 12.4. The molecule has 2 rings (SSSR count). The zero-order valence-corrected chi connectivity index (χ0v) is 11.1. The van der Waals surface area contributed by atoms with E-state index in [0.717, 1.165) is 11.5 Å². The average molecular weight is 267 g/mol. The van der Waals surface area contributed by atoms with Crippen molar-refractivity contribution in [2.24, 2.45) is 0 Å². The second-order valence-electron chi connectivity index (χ2n) is 3.34. The average Bonchev–Trinajstić information content (AvgIpc) is 2.83. The van der Waals surface area contributed by atoms with E-state index in [1.165, 1.54) is 0 Å². The highest BCUT2D eigenvalue weighted by atomic mass is 32.1. The quantitative estimate of drug-likeness (QED) is 0.910. The molecule has 0 aliphatic heterocycles. The van der Waals surface area contributed by atoms with E-state index < -0.39 is 0 Å². The van der Waals surface area contributed by atoms with Crippen molar-refractivity contribution < 1.29 is 14.2 Å². The fourth-order valence-electron chi connectivity index (χ4n) is 1.62. The first-order valence-electron chi connectivity index (χ1n) is 5.09. The molecule has 7 heteroatoms. The molecule has 1 heterocycles. The monoisotopic (exact) mass is 267 g/mol. The summed E-state index contributed by atoms with van der Waals surface area (Å²) < 4.78 is 20.0. The highest BCUT2D eigenvalue weighted by Gasteiger charge is 2.19. The maximum atomic E-state index is 5.58. The molecule has 1 aromatic heterocycles. The van der Waals surface area contributed by atoms with E-state index in [1.54, 1.807) is 27.4 Å². The maximum Gasteiger partial charge on any atom is 0.204 e. The number of benzene rings is 1. The van der Waals surface area contributed by atoms with Crippen LogP contribution in [-0.2, 0) is 0 Å². The topological polar surface area (TPSA) is 79.5 Å². The van der Waals surface area contributed by atoms with Crippen LogP contribution in [0.5, 0.6) is 17.2 Å². The number of aromatic nitrogens is 2. The summed E-state index contributed by atoms with van der Waals surface area (Å²) >= 11 is 1.13. The van der Waals surface area contributed by atoms with Gasteiger partial charge in [-0.1, -0.05) is 0 Å². The molecule has 96 valence electrons. The van der Waals surface area contributed by atoms with Crippen molar-refractivity contribution >= 4 is 16.7 Å². The van der Waals surface area contributed by atoms with E-state index in [2.05, 4.69) is 9.36 Å². The number of nitrogen functional groups attached to an aromatic ring is 1. The van der Waals surface area contributed by atoms with E-state index in [9.17, 15) is 0 Å². The van der Waals surface area contributed by atoms with Crippen molar-refractivity contribution in [1.82, 2.24) is 9.36 Å². The van der Waals surface area contributed by atoms with Gasteiger partial charge in [0.2, 0.25) is 5.75 Å². The number of hydrogen-bond acceptors (Lipinski definition) is 7. The third-order valence-electron chi connectivity index (χ3n) is 2.39. The van der Waals surface area contributed by atoms with Crippen LogP contribution in [-0.4, -0.2) is 30.7 Å². The lowest BCUT2D eigenvalue weighted by atomic mass is 10.1. The zero-order chi connectivity index (χ0) is 13.1. The minimum Gasteiger partial charge on any atom is -0.493 e. The third-order valence-corrected chi connectivity index (χ3v) is 2.93. The van der Waals surface area contributed by atoms with Crippen molar-refractivity contribution in [2.45, 2.75) is 0 Å². The van der Waals surface area contributed by atoms with Crippen LogP contribution in [0.1, 0.15) is 0 Å². The summed E-state index contributed by atoms with van der Waals surface area (Å²) in [6.45, 7) is 0. The highest BCUT2D eigenvalue weighted by Crippen LogP contribution is 2.43. The van der Waals surface area contributed by atoms with Gasteiger partial charge in [-0.3, -0.25) is 0 Å². The minimum absolute atomic E-state index is 0.404. The Hall–Kier alpha value is -2.02. The molecule has 0 amide bonds. The number of hydrogen-bond donors (Lipinski definition) is 1. The van der Waals surface area contributed by atoms with E-state index in [1.807, 2.05) is 6.07 Å². The first-order chi connectivity index (χ1) is 8.71. The summed E-state index contributed by atoms with van der Waals surface area (Å²) in [6, 6.07) is 3.58. The molecule has 0 fully saturated rings. The van der Waals surface area contributed by atoms with Crippen LogP contribution < -0.4 is 19.9 Å². The largest absolute Gasteiger partial charge is 0.493 e. The number of nitrogens with zero attached hydrogens (tertiary/aromatic N) is 2. The number of ether oxygens (including phenoxy) is 3. The first-order valence-corrected chi connectivity index (χ1v) is 5.87. The van der Waals surface area contributed by atoms with Gasteiger partial charge in [0.05, 0.1) is 26.9 Å². The number of rotatable bonds is 4. The van der Waals surface area contributed by atoms with E-state index >= 15 is 0 Å². The molecule has 6 nitrogen and oxygen atoms in total. The molecule has 0 saturated heterocycles. The summed E-state index contributed by atoms with van der Waals surface area (Å²) in [7, 11) is 4.67. The lowest BCUT2D eigenvalue weighted by Gasteiger charge is -2.14. The fourth-order valence-corrected chi connectivity index (χ4v) is 2.07. The summed E-state index contributed by atoms with van der Waals surface area (Å²) in [5, 5.41) is 0.404. The van der Waals surface area contributed by atoms with Crippen molar-refractivity contribution in [3.63, 3.8) is 0 Å².